The van der Waals surface area contributed by atoms with Crippen molar-refractivity contribution in [2.24, 2.45) is 0 Å². The summed E-state index contributed by atoms with van der Waals surface area (Å²) in [4.78, 5) is 1.31. The minimum Gasteiger partial charge on any atom is -0.206 e. The van der Waals surface area contributed by atoms with Crippen molar-refractivity contribution in [1.29, 1.82) is 0 Å². The molecule has 59 valence electrons. The van der Waals surface area contributed by atoms with Crippen molar-refractivity contribution in [2.75, 3.05) is 0 Å². The molecule has 0 spiro atoms. The van der Waals surface area contributed by atoms with E-state index in [9.17, 15) is 4.39 Å². The number of halogens is 1. The highest BCUT2D eigenvalue weighted by Crippen LogP contribution is 2.04. The Balaban J connectivity index is 2.48. The van der Waals surface area contributed by atoms with Crippen molar-refractivity contribution >= 4 is 0 Å². The third-order valence-electron chi connectivity index (χ3n) is 1.38. The van der Waals surface area contributed by atoms with E-state index in [0.717, 1.165) is 0 Å². The van der Waals surface area contributed by atoms with E-state index in [1.165, 1.54) is 23.3 Å². The Hall–Kier alpha value is -1.71. The first-order chi connectivity index (χ1) is 5.86. The molecule has 4 heteroatoms. The topological polar surface area (TPSA) is 30.7 Å². The Morgan fingerprint density at radius 2 is 2.00 bits per heavy atom. The molecular weight excluding hydrogens is 157 g/mol. The first-order valence-corrected chi connectivity index (χ1v) is 3.41. The number of rotatable bonds is 1. The Bertz CT molecular complexity index is 370. The van der Waals surface area contributed by atoms with Gasteiger partial charge >= 0.3 is 0 Å². The van der Waals surface area contributed by atoms with E-state index < -0.39 is 5.82 Å². The lowest BCUT2D eigenvalue weighted by Crippen LogP contribution is -1.98. The molecule has 1 heterocycles. The molecule has 12 heavy (non-hydrogen) atoms. The summed E-state index contributed by atoms with van der Waals surface area (Å²) >= 11 is 0. The number of nitrogens with zero attached hydrogens (tertiary/aromatic N) is 3. The second kappa shape index (κ2) is 2.73. The minimum atomic E-state index is -0.412. The van der Waals surface area contributed by atoms with Gasteiger partial charge in [0.05, 0.1) is 24.1 Å². The number of hydrogen-bond acceptors (Lipinski definition) is 2. The van der Waals surface area contributed by atoms with Gasteiger partial charge in [-0.2, -0.15) is 15.0 Å². The average molecular weight is 162 g/mol. The van der Waals surface area contributed by atoms with Gasteiger partial charge in [-0.05, 0) is 12.1 Å². The molecule has 1 radical (unpaired) electrons. The van der Waals surface area contributed by atoms with Crippen molar-refractivity contribution < 1.29 is 4.39 Å². The van der Waals surface area contributed by atoms with E-state index >= 15 is 0 Å². The molecule has 1 aromatic carbocycles. The molecule has 0 fully saturated rings. The molecule has 2 aromatic rings. The maximum atomic E-state index is 12.6. The number of aromatic nitrogens is 3. The van der Waals surface area contributed by atoms with Gasteiger partial charge in [0.1, 0.15) is 5.82 Å². The Morgan fingerprint density at radius 1 is 1.25 bits per heavy atom. The number of benzene rings is 1. The molecule has 0 saturated carbocycles. The molecule has 2 rings (SSSR count). The standard InChI is InChI=1S/C8H5FN3/c9-7-2-1-3-8(6-7)12-10-4-5-11-12/h1-5H. The highest BCUT2D eigenvalue weighted by molar-refractivity contribution is 5.27. The maximum absolute atomic E-state index is 12.6. The van der Waals surface area contributed by atoms with Crippen LogP contribution in [-0.4, -0.2) is 15.0 Å². The predicted molar refractivity (Wildman–Crippen MR) is 40.2 cm³/mol. The third-order valence-corrected chi connectivity index (χ3v) is 1.38. The quantitative estimate of drug-likeness (QED) is 0.630. The minimum absolute atomic E-state index is 0.412. The van der Waals surface area contributed by atoms with Gasteiger partial charge in [0.2, 0.25) is 0 Å². The fourth-order valence-electron chi connectivity index (χ4n) is 0.886. The van der Waals surface area contributed by atoms with Crippen LogP contribution in [0.25, 0.3) is 5.69 Å². The summed E-state index contributed by atoms with van der Waals surface area (Å²) in [5, 5.41) is 7.67. The van der Waals surface area contributed by atoms with Crippen LogP contribution in [0.1, 0.15) is 0 Å². The summed E-state index contributed by atoms with van der Waals surface area (Å²) in [6.07, 6.45) is 3.05. The molecule has 0 unspecified atom stereocenters. The second-order valence-electron chi connectivity index (χ2n) is 2.20. The van der Waals surface area contributed by atoms with Crippen molar-refractivity contribution in [3.63, 3.8) is 0 Å². The maximum Gasteiger partial charge on any atom is 0.133 e. The van der Waals surface area contributed by atoms with Crippen LogP contribution < -0.4 is 0 Å². The van der Waals surface area contributed by atoms with Crippen molar-refractivity contribution in [1.82, 2.24) is 15.0 Å². The van der Waals surface area contributed by atoms with Gasteiger partial charge in [-0.3, -0.25) is 0 Å². The summed E-state index contributed by atoms with van der Waals surface area (Å²) in [6, 6.07) is 7.08. The fourth-order valence-corrected chi connectivity index (χ4v) is 0.886. The summed E-state index contributed by atoms with van der Waals surface area (Å²) in [5.74, 6) is -0.412. The van der Waals surface area contributed by atoms with Crippen LogP contribution in [0, 0.1) is 11.9 Å². The zero-order chi connectivity index (χ0) is 8.39. The van der Waals surface area contributed by atoms with Crippen LogP contribution >= 0.6 is 0 Å². The highest BCUT2D eigenvalue weighted by atomic mass is 19.1. The van der Waals surface area contributed by atoms with Gasteiger partial charge < -0.3 is 0 Å². The third kappa shape index (κ3) is 1.18. The smallest absolute Gasteiger partial charge is 0.133 e. The lowest BCUT2D eigenvalue weighted by molar-refractivity contribution is 0.620. The summed E-state index contributed by atoms with van der Waals surface area (Å²) in [6.45, 7) is 0. The highest BCUT2D eigenvalue weighted by Gasteiger charge is 1.98. The van der Waals surface area contributed by atoms with E-state index in [-0.39, 0.29) is 0 Å². The van der Waals surface area contributed by atoms with Crippen LogP contribution in [0.2, 0.25) is 0 Å². The zero-order valence-corrected chi connectivity index (χ0v) is 6.11. The normalized spacial score (nSPS) is 10.1. The monoisotopic (exact) mass is 162 g/mol. The van der Waals surface area contributed by atoms with Gasteiger partial charge in [-0.25, -0.2) is 4.39 Å². The van der Waals surface area contributed by atoms with E-state index in [1.54, 1.807) is 12.1 Å². The van der Waals surface area contributed by atoms with Gasteiger partial charge in [-0.15, -0.1) is 0 Å². The molecular formula is C8H5FN3. The molecule has 0 N–H and O–H groups in total. The van der Waals surface area contributed by atoms with Crippen LogP contribution in [-0.2, 0) is 0 Å². The van der Waals surface area contributed by atoms with Gasteiger partial charge in [0.25, 0.3) is 0 Å². The molecule has 0 aliphatic carbocycles. The van der Waals surface area contributed by atoms with Gasteiger partial charge in [0.15, 0.2) is 0 Å². The predicted octanol–water partition coefficient (Wildman–Crippen LogP) is 1.21. The average Bonchev–Trinajstić information content (AvgIpc) is 2.56. The second-order valence-corrected chi connectivity index (χ2v) is 2.20. The van der Waals surface area contributed by atoms with E-state index in [0.29, 0.717) is 5.69 Å². The lowest BCUT2D eigenvalue weighted by Gasteiger charge is -1.96. The molecule has 0 amide bonds. The van der Waals surface area contributed by atoms with E-state index in [2.05, 4.69) is 16.3 Å². The van der Waals surface area contributed by atoms with Gasteiger partial charge in [0, 0.05) is 0 Å². The van der Waals surface area contributed by atoms with E-state index in [1.807, 2.05) is 0 Å². The Morgan fingerprint density at radius 3 is 2.67 bits per heavy atom. The largest absolute Gasteiger partial charge is 0.206 e. The molecule has 0 aliphatic rings. The fraction of sp³-hybridized carbons (Fsp3) is 0. The molecule has 1 aromatic heterocycles. The first-order valence-electron chi connectivity index (χ1n) is 3.41. The lowest BCUT2D eigenvalue weighted by atomic mass is 10.3. The molecule has 3 nitrogen and oxygen atoms in total. The summed E-state index contributed by atoms with van der Waals surface area (Å²) in [5.41, 5.74) is 0.500. The molecule has 0 aliphatic heterocycles. The first kappa shape index (κ1) is 6.97. The Kier molecular flexibility index (Phi) is 1.59. The molecule has 0 saturated heterocycles. The Labute approximate surface area is 68.4 Å². The van der Waals surface area contributed by atoms with Crippen LogP contribution in [0.5, 0.6) is 0 Å². The molecule has 0 atom stereocenters. The van der Waals surface area contributed by atoms with Crippen LogP contribution in [0.4, 0.5) is 4.39 Å². The van der Waals surface area contributed by atoms with Crippen molar-refractivity contribution in [2.45, 2.75) is 0 Å². The van der Waals surface area contributed by atoms with E-state index in [4.69, 9.17) is 0 Å². The summed E-state index contributed by atoms with van der Waals surface area (Å²) in [7, 11) is 0. The number of hydrogen-bond donors (Lipinski definition) is 0. The van der Waals surface area contributed by atoms with Crippen molar-refractivity contribution in [3.8, 4) is 5.69 Å². The summed E-state index contributed by atoms with van der Waals surface area (Å²) < 4.78 is 12.6. The van der Waals surface area contributed by atoms with Crippen molar-refractivity contribution in [3.05, 3.63) is 42.5 Å². The SMILES string of the molecule is Fc1[c]c(-n2nccn2)ccc1. The zero-order valence-electron chi connectivity index (χ0n) is 6.11. The van der Waals surface area contributed by atoms with Crippen LogP contribution in [0.3, 0.4) is 0 Å². The molecule has 0 bridgehead atoms. The van der Waals surface area contributed by atoms with Crippen LogP contribution in [0.15, 0.2) is 30.6 Å². The van der Waals surface area contributed by atoms with Gasteiger partial charge in [-0.1, -0.05) is 6.07 Å².